The van der Waals surface area contributed by atoms with Gasteiger partial charge in [0.25, 0.3) is 0 Å². The van der Waals surface area contributed by atoms with E-state index in [1.54, 1.807) is 0 Å². The zero-order valence-corrected chi connectivity index (χ0v) is 6.36. The largest absolute Gasteiger partial charge is 0.129 e. The summed E-state index contributed by atoms with van der Waals surface area (Å²) in [5.41, 5.74) is 0. The van der Waals surface area contributed by atoms with Crippen LogP contribution in [0.25, 0.3) is 0 Å². The first-order chi connectivity index (χ1) is 2.96. The molecule has 2 heteroatoms. The molecule has 1 aliphatic rings. The summed E-state index contributed by atoms with van der Waals surface area (Å²) in [6.07, 6.45) is 0. The van der Waals surface area contributed by atoms with Crippen molar-refractivity contribution in [3.63, 3.8) is 0 Å². The van der Waals surface area contributed by atoms with Crippen molar-refractivity contribution in [2.45, 2.75) is 29.7 Å². The Labute approximate surface area is 53.6 Å². The molecule has 1 aliphatic heterocycles. The second kappa shape index (κ2) is 1.14. The fraction of sp³-hybridized carbons (Fsp3) is 1.00. The van der Waals surface area contributed by atoms with E-state index >= 15 is 0 Å². The molecule has 0 spiro atoms. The molecule has 0 aromatic carbocycles. The number of alkyl halides is 1. The zero-order valence-electron chi connectivity index (χ0n) is 4.79. The standard InChI is InChI=1S/C5H9ClS/c1-4(2)5(3,6)7-4/h1-3H3. The molecule has 1 rings (SSSR count). The summed E-state index contributed by atoms with van der Waals surface area (Å²) in [4.78, 5) is 0. The van der Waals surface area contributed by atoms with Gasteiger partial charge in [-0.15, -0.1) is 23.4 Å². The van der Waals surface area contributed by atoms with Gasteiger partial charge in [0.1, 0.15) is 4.21 Å². The van der Waals surface area contributed by atoms with Crippen molar-refractivity contribution in [2.75, 3.05) is 0 Å². The number of thioether (sulfide) groups is 1. The molecule has 1 fully saturated rings. The van der Waals surface area contributed by atoms with Gasteiger partial charge in [-0.1, -0.05) is 0 Å². The van der Waals surface area contributed by atoms with Gasteiger partial charge in [0.15, 0.2) is 0 Å². The van der Waals surface area contributed by atoms with E-state index in [0.717, 1.165) is 0 Å². The normalized spacial score (nSPS) is 46.3. The Morgan fingerprint density at radius 3 is 1.43 bits per heavy atom. The summed E-state index contributed by atoms with van der Waals surface area (Å²) in [6.45, 7) is 6.37. The van der Waals surface area contributed by atoms with Gasteiger partial charge in [-0.05, 0) is 20.8 Å². The van der Waals surface area contributed by atoms with Gasteiger partial charge in [-0.3, -0.25) is 0 Å². The van der Waals surface area contributed by atoms with Crippen molar-refractivity contribution in [1.29, 1.82) is 0 Å². The molecule has 0 aromatic heterocycles. The molecule has 1 saturated heterocycles. The lowest BCUT2D eigenvalue weighted by Gasteiger charge is -1.97. The minimum atomic E-state index is 0.0347. The monoisotopic (exact) mass is 136 g/mol. The Hall–Kier alpha value is 0.640. The second-order valence-corrected chi connectivity index (χ2v) is 5.55. The summed E-state index contributed by atoms with van der Waals surface area (Å²) in [7, 11) is 0. The van der Waals surface area contributed by atoms with Crippen molar-refractivity contribution >= 4 is 23.4 Å². The molecule has 1 unspecified atom stereocenters. The summed E-state index contributed by atoms with van der Waals surface area (Å²) in [5, 5.41) is 0. The number of rotatable bonds is 0. The molecular weight excluding hydrogens is 128 g/mol. The molecular formula is C5H9ClS. The fourth-order valence-corrected chi connectivity index (χ4v) is 1.94. The van der Waals surface area contributed by atoms with Crippen LogP contribution in [-0.4, -0.2) is 8.95 Å². The van der Waals surface area contributed by atoms with E-state index in [-0.39, 0.29) is 4.21 Å². The molecule has 0 N–H and O–H groups in total. The van der Waals surface area contributed by atoms with E-state index in [9.17, 15) is 0 Å². The number of halogens is 1. The molecule has 1 heterocycles. The van der Waals surface area contributed by atoms with E-state index in [2.05, 4.69) is 20.8 Å². The highest BCUT2D eigenvalue weighted by Crippen LogP contribution is 2.65. The van der Waals surface area contributed by atoms with Crippen molar-refractivity contribution < 1.29 is 0 Å². The number of hydrogen-bond acceptors (Lipinski definition) is 1. The van der Waals surface area contributed by atoms with Gasteiger partial charge < -0.3 is 0 Å². The summed E-state index contributed by atoms with van der Waals surface area (Å²) < 4.78 is 0.363. The van der Waals surface area contributed by atoms with E-state index in [4.69, 9.17) is 11.6 Å². The van der Waals surface area contributed by atoms with Gasteiger partial charge in [0.05, 0.1) is 0 Å². The van der Waals surface area contributed by atoms with Crippen molar-refractivity contribution in [2.24, 2.45) is 0 Å². The van der Waals surface area contributed by atoms with Crippen LogP contribution in [0, 0.1) is 0 Å². The van der Waals surface area contributed by atoms with Crippen LogP contribution in [0.4, 0.5) is 0 Å². The average Bonchev–Trinajstić information content (AvgIpc) is 1.63. The Kier molecular flexibility index (Phi) is 0.936. The summed E-state index contributed by atoms with van der Waals surface area (Å²) in [5.74, 6) is 0. The lowest BCUT2D eigenvalue weighted by Crippen LogP contribution is -2.07. The van der Waals surface area contributed by atoms with E-state index in [1.807, 2.05) is 11.8 Å². The van der Waals surface area contributed by atoms with E-state index < -0.39 is 0 Å². The van der Waals surface area contributed by atoms with Gasteiger partial charge in [0.2, 0.25) is 0 Å². The molecule has 0 aliphatic carbocycles. The van der Waals surface area contributed by atoms with Crippen LogP contribution in [-0.2, 0) is 0 Å². The lowest BCUT2D eigenvalue weighted by atomic mass is 10.2. The van der Waals surface area contributed by atoms with E-state index in [1.165, 1.54) is 0 Å². The first kappa shape index (κ1) is 5.77. The average molecular weight is 137 g/mol. The highest BCUT2D eigenvalue weighted by Gasteiger charge is 2.57. The molecule has 0 bridgehead atoms. The SMILES string of the molecule is CC1(C)SC1(C)Cl. The third-order valence-corrected chi connectivity index (χ3v) is 3.90. The van der Waals surface area contributed by atoms with Gasteiger partial charge in [0, 0.05) is 4.75 Å². The van der Waals surface area contributed by atoms with Crippen molar-refractivity contribution in [3.8, 4) is 0 Å². The fourth-order valence-electron chi connectivity index (χ4n) is 0.454. The van der Waals surface area contributed by atoms with Gasteiger partial charge in [-0.2, -0.15) is 0 Å². The maximum Gasteiger partial charge on any atom is 0.102 e. The lowest BCUT2D eigenvalue weighted by molar-refractivity contribution is 0.756. The zero-order chi connectivity index (χ0) is 5.71. The maximum absolute atomic E-state index is 5.90. The van der Waals surface area contributed by atoms with Crippen LogP contribution < -0.4 is 0 Å². The van der Waals surface area contributed by atoms with Crippen molar-refractivity contribution in [3.05, 3.63) is 0 Å². The Balaban J connectivity index is 2.59. The quantitative estimate of drug-likeness (QED) is 0.364. The first-order valence-electron chi connectivity index (χ1n) is 2.35. The second-order valence-electron chi connectivity index (χ2n) is 2.53. The first-order valence-corrected chi connectivity index (χ1v) is 3.54. The van der Waals surface area contributed by atoms with Crippen LogP contribution >= 0.6 is 23.4 Å². The molecule has 7 heavy (non-hydrogen) atoms. The Morgan fingerprint density at radius 2 is 1.43 bits per heavy atom. The van der Waals surface area contributed by atoms with E-state index in [0.29, 0.717) is 4.75 Å². The summed E-state index contributed by atoms with van der Waals surface area (Å²) in [6, 6.07) is 0. The Bertz CT molecular complexity index is 84.3. The minimum absolute atomic E-state index is 0.0347. The molecule has 1 atom stereocenters. The molecule has 0 aromatic rings. The highest BCUT2D eigenvalue weighted by molar-refractivity contribution is 8.11. The predicted molar refractivity (Wildman–Crippen MR) is 35.9 cm³/mol. The topological polar surface area (TPSA) is 0 Å². The molecule has 42 valence electrons. The number of hydrogen-bond donors (Lipinski definition) is 0. The van der Waals surface area contributed by atoms with Crippen LogP contribution in [0.3, 0.4) is 0 Å². The third kappa shape index (κ3) is 0.768. The Morgan fingerprint density at radius 1 is 1.29 bits per heavy atom. The summed E-state index contributed by atoms with van der Waals surface area (Å²) >= 11 is 7.71. The van der Waals surface area contributed by atoms with Crippen LogP contribution in [0.2, 0.25) is 0 Å². The molecule has 0 saturated carbocycles. The van der Waals surface area contributed by atoms with Crippen molar-refractivity contribution in [1.82, 2.24) is 0 Å². The smallest absolute Gasteiger partial charge is 0.102 e. The predicted octanol–water partition coefficient (Wildman–Crippen LogP) is 2.47. The molecule has 0 nitrogen and oxygen atoms in total. The van der Waals surface area contributed by atoms with Gasteiger partial charge in [-0.25, -0.2) is 0 Å². The van der Waals surface area contributed by atoms with Crippen LogP contribution in [0.1, 0.15) is 20.8 Å². The highest BCUT2D eigenvalue weighted by atomic mass is 35.5. The van der Waals surface area contributed by atoms with Crippen LogP contribution in [0.5, 0.6) is 0 Å². The van der Waals surface area contributed by atoms with Gasteiger partial charge >= 0.3 is 0 Å². The molecule has 0 radical (unpaired) electrons. The third-order valence-electron chi connectivity index (χ3n) is 1.48. The maximum atomic E-state index is 5.90. The molecule has 0 amide bonds. The van der Waals surface area contributed by atoms with Crippen LogP contribution in [0.15, 0.2) is 0 Å². The minimum Gasteiger partial charge on any atom is -0.129 e.